The molecular formula is C11H20O2. The van der Waals surface area contributed by atoms with Crippen LogP contribution < -0.4 is 0 Å². The van der Waals surface area contributed by atoms with Crippen molar-refractivity contribution in [3.8, 4) is 0 Å². The molecule has 0 aromatic heterocycles. The first-order valence-electron chi connectivity index (χ1n) is 5.36. The first-order valence-corrected chi connectivity index (χ1v) is 5.36. The number of carbonyl (C=O) groups is 1. The Morgan fingerprint density at radius 3 is 2.85 bits per heavy atom. The first kappa shape index (κ1) is 10.7. The lowest BCUT2D eigenvalue weighted by atomic mass is 9.94. The quantitative estimate of drug-likeness (QED) is 0.656. The molecule has 1 rings (SSSR count). The van der Waals surface area contributed by atoms with Gasteiger partial charge in [0, 0.05) is 12.5 Å². The molecule has 76 valence electrons. The second-order valence-corrected chi connectivity index (χ2v) is 3.93. The Bertz CT molecular complexity index is 159. The van der Waals surface area contributed by atoms with Gasteiger partial charge in [-0.05, 0) is 39.0 Å². The molecule has 0 radical (unpaired) electrons. The average molecular weight is 184 g/mol. The van der Waals surface area contributed by atoms with E-state index in [1.54, 1.807) is 6.92 Å². The molecule has 0 spiro atoms. The molecule has 0 bridgehead atoms. The van der Waals surface area contributed by atoms with Crippen LogP contribution in [0.5, 0.6) is 0 Å². The Morgan fingerprint density at radius 1 is 1.62 bits per heavy atom. The molecule has 2 unspecified atom stereocenters. The van der Waals surface area contributed by atoms with Crippen molar-refractivity contribution in [2.45, 2.75) is 52.1 Å². The van der Waals surface area contributed by atoms with Gasteiger partial charge < -0.3 is 4.74 Å². The Labute approximate surface area is 80.7 Å². The maximum absolute atomic E-state index is 11.1. The van der Waals surface area contributed by atoms with E-state index in [4.69, 9.17) is 4.74 Å². The summed E-state index contributed by atoms with van der Waals surface area (Å²) in [5.74, 6) is 0.602. The molecule has 0 aromatic carbocycles. The fraction of sp³-hybridized carbons (Fsp3) is 0.909. The summed E-state index contributed by atoms with van der Waals surface area (Å²) < 4.78 is 5.52. The van der Waals surface area contributed by atoms with Gasteiger partial charge in [-0.1, -0.05) is 6.92 Å². The molecule has 0 N–H and O–H groups in total. The third-order valence-electron chi connectivity index (χ3n) is 2.93. The lowest BCUT2D eigenvalue weighted by molar-refractivity contribution is -0.121. The summed E-state index contributed by atoms with van der Waals surface area (Å²) in [5.41, 5.74) is 0. The van der Waals surface area contributed by atoms with E-state index in [1.807, 2.05) is 0 Å². The van der Waals surface area contributed by atoms with Crippen LogP contribution in [0.1, 0.15) is 46.0 Å². The highest BCUT2D eigenvalue weighted by molar-refractivity contribution is 5.78. The maximum atomic E-state index is 11.1. The van der Waals surface area contributed by atoms with Gasteiger partial charge in [-0.2, -0.15) is 0 Å². The molecule has 2 atom stereocenters. The first-order chi connectivity index (χ1) is 6.24. The van der Waals surface area contributed by atoms with Gasteiger partial charge >= 0.3 is 0 Å². The van der Waals surface area contributed by atoms with E-state index in [1.165, 1.54) is 12.8 Å². The molecule has 1 aliphatic heterocycles. The summed E-state index contributed by atoms with van der Waals surface area (Å²) in [5, 5.41) is 0. The van der Waals surface area contributed by atoms with Crippen LogP contribution in [0.4, 0.5) is 0 Å². The van der Waals surface area contributed by atoms with E-state index >= 15 is 0 Å². The van der Waals surface area contributed by atoms with Gasteiger partial charge in [-0.15, -0.1) is 0 Å². The minimum absolute atomic E-state index is 0.268. The molecule has 2 nitrogen and oxygen atoms in total. The van der Waals surface area contributed by atoms with Crippen molar-refractivity contribution in [3.63, 3.8) is 0 Å². The second-order valence-electron chi connectivity index (χ2n) is 3.93. The lowest BCUT2D eigenvalue weighted by Crippen LogP contribution is -2.13. The molecule has 1 fully saturated rings. The number of hydrogen-bond acceptors (Lipinski definition) is 2. The predicted molar refractivity (Wildman–Crippen MR) is 52.7 cm³/mol. The number of rotatable bonds is 5. The Hall–Kier alpha value is -0.370. The Kier molecular flexibility index (Phi) is 4.43. The molecule has 2 heteroatoms. The second kappa shape index (κ2) is 5.38. The zero-order valence-electron chi connectivity index (χ0n) is 8.71. The van der Waals surface area contributed by atoms with Crippen molar-refractivity contribution >= 4 is 5.78 Å². The van der Waals surface area contributed by atoms with Crippen molar-refractivity contribution in [2.75, 3.05) is 6.61 Å². The van der Waals surface area contributed by atoms with Gasteiger partial charge in [0.05, 0.1) is 6.10 Å². The monoisotopic (exact) mass is 184 g/mol. The molecule has 13 heavy (non-hydrogen) atoms. The van der Waals surface area contributed by atoms with Crippen LogP contribution in [0.25, 0.3) is 0 Å². The molecule has 0 saturated carbocycles. The fourth-order valence-electron chi connectivity index (χ4n) is 1.95. The van der Waals surface area contributed by atoms with Crippen LogP contribution in [-0.4, -0.2) is 18.5 Å². The smallest absolute Gasteiger partial charge is 0.132 e. The van der Waals surface area contributed by atoms with Gasteiger partial charge in [-0.3, -0.25) is 4.79 Å². The molecule has 0 aromatic rings. The third kappa shape index (κ3) is 3.47. The zero-order chi connectivity index (χ0) is 9.68. The minimum atomic E-state index is 0.268. The largest absolute Gasteiger partial charge is 0.378 e. The summed E-state index contributed by atoms with van der Waals surface area (Å²) in [6, 6.07) is 0. The van der Waals surface area contributed by atoms with Crippen LogP contribution in [-0.2, 0) is 9.53 Å². The topological polar surface area (TPSA) is 26.3 Å². The number of ether oxygens (including phenoxy) is 1. The molecular weight excluding hydrogens is 164 g/mol. The molecule has 1 heterocycles. The van der Waals surface area contributed by atoms with Gasteiger partial charge in [-0.25, -0.2) is 0 Å². The van der Waals surface area contributed by atoms with Crippen LogP contribution in [0.15, 0.2) is 0 Å². The molecule has 1 saturated heterocycles. The van der Waals surface area contributed by atoms with E-state index in [9.17, 15) is 4.79 Å². The van der Waals surface area contributed by atoms with Crippen LogP contribution in [0, 0.1) is 5.92 Å². The van der Waals surface area contributed by atoms with E-state index in [-0.39, 0.29) is 5.92 Å². The Morgan fingerprint density at radius 2 is 2.38 bits per heavy atom. The van der Waals surface area contributed by atoms with E-state index in [2.05, 4.69) is 6.92 Å². The lowest BCUT2D eigenvalue weighted by Gasteiger charge is -2.14. The highest BCUT2D eigenvalue weighted by atomic mass is 16.5. The molecule has 0 amide bonds. The maximum Gasteiger partial charge on any atom is 0.132 e. The number of hydrogen-bond donors (Lipinski definition) is 0. The van der Waals surface area contributed by atoms with Crippen LogP contribution in [0.3, 0.4) is 0 Å². The Balaban J connectivity index is 2.18. The van der Waals surface area contributed by atoms with Crippen molar-refractivity contribution in [1.29, 1.82) is 0 Å². The van der Waals surface area contributed by atoms with E-state index in [0.717, 1.165) is 25.9 Å². The summed E-state index contributed by atoms with van der Waals surface area (Å²) in [6.45, 7) is 4.70. The third-order valence-corrected chi connectivity index (χ3v) is 2.93. The van der Waals surface area contributed by atoms with Crippen molar-refractivity contribution in [2.24, 2.45) is 5.92 Å². The van der Waals surface area contributed by atoms with Crippen molar-refractivity contribution < 1.29 is 9.53 Å². The van der Waals surface area contributed by atoms with Crippen molar-refractivity contribution in [3.05, 3.63) is 0 Å². The van der Waals surface area contributed by atoms with E-state index in [0.29, 0.717) is 11.9 Å². The van der Waals surface area contributed by atoms with Crippen molar-refractivity contribution in [1.82, 2.24) is 0 Å². The molecule has 1 aliphatic rings. The van der Waals surface area contributed by atoms with Gasteiger partial charge in [0.1, 0.15) is 5.78 Å². The highest BCUT2D eigenvalue weighted by Gasteiger charge is 2.18. The van der Waals surface area contributed by atoms with Gasteiger partial charge in [0.2, 0.25) is 0 Å². The van der Waals surface area contributed by atoms with Crippen LogP contribution in [0.2, 0.25) is 0 Å². The SMILES string of the molecule is CCC(CCC1CCCO1)C(C)=O. The number of Topliss-reactive ketones (excluding diaryl/α,β-unsaturated/α-hetero) is 1. The summed E-state index contributed by atoms with van der Waals surface area (Å²) in [6.07, 6.45) is 5.88. The summed E-state index contributed by atoms with van der Waals surface area (Å²) in [4.78, 5) is 11.1. The highest BCUT2D eigenvalue weighted by Crippen LogP contribution is 2.21. The minimum Gasteiger partial charge on any atom is -0.378 e. The fourth-order valence-corrected chi connectivity index (χ4v) is 1.95. The van der Waals surface area contributed by atoms with Crippen LogP contribution >= 0.6 is 0 Å². The number of ketones is 1. The predicted octanol–water partition coefficient (Wildman–Crippen LogP) is 2.56. The standard InChI is InChI=1S/C11H20O2/c1-3-10(9(2)12)6-7-11-5-4-8-13-11/h10-11H,3-8H2,1-2H3. The number of carbonyl (C=O) groups excluding carboxylic acids is 1. The van der Waals surface area contributed by atoms with Gasteiger partial charge in [0.15, 0.2) is 0 Å². The normalized spacial score (nSPS) is 24.6. The molecule has 0 aliphatic carbocycles. The summed E-state index contributed by atoms with van der Waals surface area (Å²) in [7, 11) is 0. The zero-order valence-corrected chi connectivity index (χ0v) is 8.71. The van der Waals surface area contributed by atoms with Gasteiger partial charge in [0.25, 0.3) is 0 Å². The summed E-state index contributed by atoms with van der Waals surface area (Å²) >= 11 is 0. The van der Waals surface area contributed by atoms with E-state index < -0.39 is 0 Å². The average Bonchev–Trinajstić information content (AvgIpc) is 2.57.